The minimum atomic E-state index is -0.740. The number of amides is 2. The number of carbonyl (C=O) groups is 2. The Kier molecular flexibility index (Phi) is 7.46. The van der Waals surface area contributed by atoms with E-state index in [0.717, 1.165) is 18.7 Å². The van der Waals surface area contributed by atoms with Crippen molar-refractivity contribution < 1.29 is 19.1 Å². The van der Waals surface area contributed by atoms with Gasteiger partial charge in [0.15, 0.2) is 0 Å². The van der Waals surface area contributed by atoms with Gasteiger partial charge in [0.05, 0.1) is 24.8 Å². The highest BCUT2D eigenvalue weighted by atomic mass is 35.5. The molecule has 2 N–H and O–H groups in total. The maximum atomic E-state index is 12.1. The summed E-state index contributed by atoms with van der Waals surface area (Å²) in [7, 11) is 1.50. The normalized spacial score (nSPS) is 16.8. The molecule has 7 nitrogen and oxygen atoms in total. The molecule has 0 unspecified atom stereocenters. The molecule has 1 aliphatic heterocycles. The third-order valence-corrected chi connectivity index (χ3v) is 4.95. The highest BCUT2D eigenvalue weighted by molar-refractivity contribution is 6.40. The molecule has 3 rings (SSSR count). The van der Waals surface area contributed by atoms with E-state index >= 15 is 0 Å². The van der Waals surface area contributed by atoms with E-state index in [-0.39, 0.29) is 6.10 Å². The zero-order valence-corrected chi connectivity index (χ0v) is 16.9. The molecular formula is C21H24ClN3O4. The predicted octanol–water partition coefficient (Wildman–Crippen LogP) is 2.48. The number of benzene rings is 2. The van der Waals surface area contributed by atoms with Crippen LogP contribution in [0.5, 0.6) is 5.75 Å². The first kappa shape index (κ1) is 21.1. The topological polar surface area (TPSA) is 79.9 Å². The molecule has 0 aliphatic carbocycles. The fourth-order valence-corrected chi connectivity index (χ4v) is 3.37. The first-order valence-electron chi connectivity index (χ1n) is 9.38. The molecule has 154 valence electrons. The lowest BCUT2D eigenvalue weighted by molar-refractivity contribution is -0.136. The van der Waals surface area contributed by atoms with Gasteiger partial charge in [-0.25, -0.2) is 0 Å². The lowest BCUT2D eigenvalue weighted by Gasteiger charge is -2.33. The molecule has 2 amide bonds. The molecule has 0 aromatic heterocycles. The fraction of sp³-hybridized carbons (Fsp3) is 0.333. The largest absolute Gasteiger partial charge is 0.495 e. The van der Waals surface area contributed by atoms with Gasteiger partial charge in [-0.1, -0.05) is 41.9 Å². The number of morpholine rings is 1. The van der Waals surface area contributed by atoms with E-state index in [1.165, 1.54) is 13.2 Å². The Balaban J connectivity index is 1.43. The number of ether oxygens (including phenoxy) is 2. The molecule has 1 aliphatic rings. The number of hydrogen-bond donors (Lipinski definition) is 2. The van der Waals surface area contributed by atoms with Crippen LogP contribution in [-0.2, 0) is 14.3 Å². The van der Waals surface area contributed by atoms with Crippen LogP contribution in [0.3, 0.4) is 0 Å². The Labute approximate surface area is 174 Å². The highest BCUT2D eigenvalue weighted by Crippen LogP contribution is 2.27. The number of carbonyl (C=O) groups excluding carboxylic acids is 2. The van der Waals surface area contributed by atoms with Gasteiger partial charge in [-0.3, -0.25) is 14.5 Å². The summed E-state index contributed by atoms with van der Waals surface area (Å²) in [5, 5.41) is 5.53. The second-order valence-corrected chi connectivity index (χ2v) is 7.04. The van der Waals surface area contributed by atoms with Gasteiger partial charge in [-0.2, -0.15) is 0 Å². The van der Waals surface area contributed by atoms with E-state index in [4.69, 9.17) is 21.1 Å². The SMILES string of the molecule is COc1ccc(NC(=O)C(=O)NCCN2CCO[C@H](c3ccccc3)C2)cc1Cl. The highest BCUT2D eigenvalue weighted by Gasteiger charge is 2.22. The average Bonchev–Trinajstić information content (AvgIpc) is 2.74. The molecular weight excluding hydrogens is 394 g/mol. The molecule has 1 atom stereocenters. The zero-order chi connectivity index (χ0) is 20.6. The summed E-state index contributed by atoms with van der Waals surface area (Å²) in [5.41, 5.74) is 1.56. The van der Waals surface area contributed by atoms with Crippen LogP contribution in [0.1, 0.15) is 11.7 Å². The Hall–Kier alpha value is -2.61. The summed E-state index contributed by atoms with van der Waals surface area (Å²) in [5.74, 6) is -0.936. The zero-order valence-electron chi connectivity index (χ0n) is 16.2. The lowest BCUT2D eigenvalue weighted by atomic mass is 10.1. The van der Waals surface area contributed by atoms with E-state index in [2.05, 4.69) is 15.5 Å². The minimum absolute atomic E-state index is 0.0174. The van der Waals surface area contributed by atoms with E-state index in [0.29, 0.717) is 36.2 Å². The summed E-state index contributed by atoms with van der Waals surface area (Å²) in [4.78, 5) is 26.3. The van der Waals surface area contributed by atoms with Crippen molar-refractivity contribution in [1.82, 2.24) is 10.2 Å². The predicted molar refractivity (Wildman–Crippen MR) is 111 cm³/mol. The van der Waals surface area contributed by atoms with Gasteiger partial charge in [0.1, 0.15) is 5.75 Å². The Morgan fingerprint density at radius 1 is 1.21 bits per heavy atom. The maximum absolute atomic E-state index is 12.1. The second kappa shape index (κ2) is 10.2. The molecule has 1 fully saturated rings. The smallest absolute Gasteiger partial charge is 0.313 e. The van der Waals surface area contributed by atoms with Gasteiger partial charge < -0.3 is 20.1 Å². The van der Waals surface area contributed by atoms with Crippen molar-refractivity contribution in [3.05, 3.63) is 59.1 Å². The van der Waals surface area contributed by atoms with Crippen LogP contribution in [0.25, 0.3) is 0 Å². The Morgan fingerprint density at radius 2 is 2.00 bits per heavy atom. The van der Waals surface area contributed by atoms with E-state index in [1.807, 2.05) is 30.3 Å². The lowest BCUT2D eigenvalue weighted by Crippen LogP contribution is -2.44. The number of nitrogens with one attached hydrogen (secondary N) is 2. The maximum Gasteiger partial charge on any atom is 0.313 e. The van der Waals surface area contributed by atoms with Crippen LogP contribution in [0.15, 0.2) is 48.5 Å². The molecule has 0 saturated carbocycles. The third kappa shape index (κ3) is 5.93. The van der Waals surface area contributed by atoms with Crippen LogP contribution in [0, 0.1) is 0 Å². The number of anilines is 1. The Morgan fingerprint density at radius 3 is 2.72 bits per heavy atom. The summed E-state index contributed by atoms with van der Waals surface area (Å²) >= 11 is 6.03. The number of nitrogens with zero attached hydrogens (tertiary/aromatic N) is 1. The first-order chi connectivity index (χ1) is 14.1. The van der Waals surface area contributed by atoms with Crippen molar-refractivity contribution in [2.45, 2.75) is 6.10 Å². The van der Waals surface area contributed by atoms with E-state index in [9.17, 15) is 9.59 Å². The van der Waals surface area contributed by atoms with Gasteiger partial charge >= 0.3 is 11.8 Å². The number of rotatable bonds is 6. The van der Waals surface area contributed by atoms with Gasteiger partial charge in [-0.15, -0.1) is 0 Å². The van der Waals surface area contributed by atoms with Crippen molar-refractivity contribution in [2.24, 2.45) is 0 Å². The molecule has 2 aromatic carbocycles. The van der Waals surface area contributed by atoms with Crippen LogP contribution in [0.4, 0.5) is 5.69 Å². The first-order valence-corrected chi connectivity index (χ1v) is 9.76. The van der Waals surface area contributed by atoms with Gasteiger partial charge in [0, 0.05) is 31.9 Å². The van der Waals surface area contributed by atoms with Gasteiger partial charge in [0.25, 0.3) is 0 Å². The molecule has 1 heterocycles. The van der Waals surface area contributed by atoms with Crippen LogP contribution < -0.4 is 15.4 Å². The van der Waals surface area contributed by atoms with Crippen LogP contribution in [0.2, 0.25) is 5.02 Å². The molecule has 0 bridgehead atoms. The van der Waals surface area contributed by atoms with Crippen LogP contribution in [-0.4, -0.2) is 56.6 Å². The Bertz CT molecular complexity index is 847. The summed E-state index contributed by atoms with van der Waals surface area (Å²) in [6.45, 7) is 3.18. The second-order valence-electron chi connectivity index (χ2n) is 6.63. The molecule has 8 heteroatoms. The van der Waals surface area contributed by atoms with Crippen molar-refractivity contribution >= 4 is 29.1 Å². The fourth-order valence-electron chi connectivity index (χ4n) is 3.11. The molecule has 0 radical (unpaired) electrons. The van der Waals surface area contributed by atoms with Crippen molar-refractivity contribution in [2.75, 3.05) is 45.2 Å². The standard InChI is InChI=1S/C21H24ClN3O4/c1-28-18-8-7-16(13-17(18)22)24-21(27)20(26)23-9-10-25-11-12-29-19(14-25)15-5-3-2-4-6-15/h2-8,13,19H,9-12,14H2,1H3,(H,23,26)(H,24,27)/t19-/m0/s1. The monoisotopic (exact) mass is 417 g/mol. The number of hydrogen-bond acceptors (Lipinski definition) is 5. The van der Waals surface area contributed by atoms with Gasteiger partial charge in [-0.05, 0) is 23.8 Å². The summed E-state index contributed by atoms with van der Waals surface area (Å²) < 4.78 is 10.9. The van der Waals surface area contributed by atoms with Crippen molar-refractivity contribution in [3.8, 4) is 5.75 Å². The molecule has 2 aromatic rings. The summed E-state index contributed by atoms with van der Waals surface area (Å²) in [6, 6.07) is 14.8. The van der Waals surface area contributed by atoms with E-state index < -0.39 is 11.8 Å². The molecule has 1 saturated heterocycles. The quantitative estimate of drug-likeness (QED) is 0.706. The van der Waals surface area contributed by atoms with Crippen molar-refractivity contribution in [1.29, 1.82) is 0 Å². The minimum Gasteiger partial charge on any atom is -0.495 e. The molecule has 0 spiro atoms. The van der Waals surface area contributed by atoms with Gasteiger partial charge in [0.2, 0.25) is 0 Å². The third-order valence-electron chi connectivity index (χ3n) is 4.65. The van der Waals surface area contributed by atoms with E-state index in [1.54, 1.807) is 12.1 Å². The summed E-state index contributed by atoms with van der Waals surface area (Å²) in [6.07, 6.45) is 0.0174. The number of methoxy groups -OCH3 is 1. The van der Waals surface area contributed by atoms with Crippen LogP contribution >= 0.6 is 11.6 Å². The average molecular weight is 418 g/mol. The van der Waals surface area contributed by atoms with Crippen molar-refractivity contribution in [3.63, 3.8) is 0 Å². The number of halogens is 1. The molecule has 29 heavy (non-hydrogen) atoms.